The van der Waals surface area contributed by atoms with Crippen molar-refractivity contribution in [1.29, 1.82) is 0 Å². The quantitative estimate of drug-likeness (QED) is 0.928. The van der Waals surface area contributed by atoms with Gasteiger partial charge in [0.25, 0.3) is 0 Å². The van der Waals surface area contributed by atoms with Crippen LogP contribution in [-0.4, -0.2) is 19.1 Å². The molecule has 3 aliphatic rings. The summed E-state index contributed by atoms with van der Waals surface area (Å²) in [5.74, 6) is 3.89. The van der Waals surface area contributed by atoms with Gasteiger partial charge in [-0.15, -0.1) is 0 Å². The van der Waals surface area contributed by atoms with Gasteiger partial charge in [0, 0.05) is 18.2 Å². The number of carbonyl (C=O) groups is 1. The van der Waals surface area contributed by atoms with E-state index in [0.717, 1.165) is 29.0 Å². The summed E-state index contributed by atoms with van der Waals surface area (Å²) < 4.78 is 11.0. The number of nitrogens with one attached hydrogen (secondary N) is 1. The molecule has 3 atom stereocenters. The first-order valence-electron chi connectivity index (χ1n) is 7.97. The number of carbonyl (C=O) groups excluding carboxylic acids is 1. The number of rotatable bonds is 3. The van der Waals surface area contributed by atoms with E-state index in [-0.39, 0.29) is 5.91 Å². The Morgan fingerprint density at radius 1 is 1.14 bits per heavy atom. The number of anilines is 1. The molecule has 0 saturated heterocycles. The van der Waals surface area contributed by atoms with Gasteiger partial charge >= 0.3 is 0 Å². The molecule has 1 aliphatic heterocycles. The maximum atomic E-state index is 12.2. The third-order valence-corrected chi connectivity index (χ3v) is 5.16. The molecule has 2 bridgehead atoms. The zero-order chi connectivity index (χ0) is 14.2. The molecule has 1 aromatic rings. The minimum Gasteiger partial charge on any atom is -0.486 e. The average molecular weight is 287 g/mol. The van der Waals surface area contributed by atoms with Crippen molar-refractivity contribution < 1.29 is 14.3 Å². The maximum Gasteiger partial charge on any atom is 0.224 e. The first-order valence-corrected chi connectivity index (χ1v) is 7.97. The van der Waals surface area contributed by atoms with Gasteiger partial charge in [0.2, 0.25) is 5.91 Å². The fraction of sp³-hybridized carbons (Fsp3) is 0.588. The largest absolute Gasteiger partial charge is 0.486 e. The van der Waals surface area contributed by atoms with Gasteiger partial charge in [0.15, 0.2) is 11.5 Å². The Morgan fingerprint density at radius 2 is 2.00 bits per heavy atom. The first-order chi connectivity index (χ1) is 10.3. The summed E-state index contributed by atoms with van der Waals surface area (Å²) in [6.45, 7) is 1.15. The van der Waals surface area contributed by atoms with Gasteiger partial charge in [-0.1, -0.05) is 6.42 Å². The fourth-order valence-electron chi connectivity index (χ4n) is 4.20. The van der Waals surface area contributed by atoms with Crippen LogP contribution in [0.5, 0.6) is 11.5 Å². The molecular formula is C17H21NO3. The van der Waals surface area contributed by atoms with Crippen molar-refractivity contribution in [3.8, 4) is 11.5 Å². The lowest BCUT2D eigenvalue weighted by Gasteiger charge is -2.21. The van der Waals surface area contributed by atoms with E-state index in [0.29, 0.717) is 25.6 Å². The SMILES string of the molecule is O=C(C[C@@H]1C[C@H]2CC[C@@H]1C2)Nc1ccc2c(c1)OCCO2. The molecule has 1 amide bonds. The van der Waals surface area contributed by atoms with Crippen molar-refractivity contribution in [2.24, 2.45) is 17.8 Å². The van der Waals surface area contributed by atoms with Crippen LogP contribution in [0.15, 0.2) is 18.2 Å². The average Bonchev–Trinajstić information content (AvgIpc) is 3.09. The van der Waals surface area contributed by atoms with Crippen LogP contribution in [0.1, 0.15) is 32.1 Å². The molecule has 0 aromatic heterocycles. The topological polar surface area (TPSA) is 47.6 Å². The Bertz CT molecular complexity index is 557. The molecule has 2 saturated carbocycles. The van der Waals surface area contributed by atoms with Gasteiger partial charge in [-0.25, -0.2) is 0 Å². The van der Waals surface area contributed by atoms with Gasteiger partial charge in [-0.3, -0.25) is 4.79 Å². The third kappa shape index (κ3) is 2.59. The molecule has 0 radical (unpaired) electrons. The standard InChI is InChI=1S/C17H21NO3/c19-17(9-13-8-11-1-2-12(13)7-11)18-14-3-4-15-16(10-14)21-6-5-20-15/h3-4,10-13H,1-2,5-9H2,(H,18,19)/t11-,12+,13-/m0/s1. The number of amides is 1. The van der Waals surface area contributed by atoms with Crippen LogP contribution in [0.4, 0.5) is 5.69 Å². The van der Waals surface area contributed by atoms with Crippen molar-refractivity contribution >= 4 is 11.6 Å². The molecule has 4 rings (SSSR count). The summed E-state index contributed by atoms with van der Waals surface area (Å²) in [6, 6.07) is 5.60. The number of hydrogen-bond donors (Lipinski definition) is 1. The smallest absolute Gasteiger partial charge is 0.224 e. The van der Waals surface area contributed by atoms with Crippen LogP contribution in [-0.2, 0) is 4.79 Å². The summed E-state index contributed by atoms with van der Waals surface area (Å²) in [6.07, 6.45) is 5.97. The monoisotopic (exact) mass is 287 g/mol. The summed E-state index contributed by atoms with van der Waals surface area (Å²) in [5, 5.41) is 3.00. The summed E-state index contributed by atoms with van der Waals surface area (Å²) in [4.78, 5) is 12.2. The van der Waals surface area contributed by atoms with Crippen molar-refractivity contribution in [3.05, 3.63) is 18.2 Å². The lowest BCUT2D eigenvalue weighted by Crippen LogP contribution is -2.20. The molecule has 112 valence electrons. The van der Waals surface area contributed by atoms with E-state index in [1.165, 1.54) is 25.7 Å². The van der Waals surface area contributed by atoms with Crippen molar-refractivity contribution in [3.63, 3.8) is 0 Å². The van der Waals surface area contributed by atoms with E-state index in [1.54, 1.807) is 0 Å². The molecular weight excluding hydrogens is 266 g/mol. The van der Waals surface area contributed by atoms with Crippen LogP contribution in [0.25, 0.3) is 0 Å². The fourth-order valence-corrected chi connectivity index (χ4v) is 4.20. The molecule has 1 aromatic carbocycles. The van der Waals surface area contributed by atoms with E-state index in [1.807, 2.05) is 18.2 Å². The van der Waals surface area contributed by atoms with Crippen molar-refractivity contribution in [2.45, 2.75) is 32.1 Å². The van der Waals surface area contributed by atoms with Gasteiger partial charge < -0.3 is 14.8 Å². The molecule has 1 N–H and O–H groups in total. The highest BCUT2D eigenvalue weighted by Crippen LogP contribution is 2.49. The minimum atomic E-state index is 0.129. The van der Waals surface area contributed by atoms with Crippen molar-refractivity contribution in [2.75, 3.05) is 18.5 Å². The van der Waals surface area contributed by atoms with Gasteiger partial charge in [-0.2, -0.15) is 0 Å². The maximum absolute atomic E-state index is 12.2. The highest BCUT2D eigenvalue weighted by atomic mass is 16.6. The normalized spacial score (nSPS) is 29.4. The predicted molar refractivity (Wildman–Crippen MR) is 79.6 cm³/mol. The highest BCUT2D eigenvalue weighted by Gasteiger charge is 2.40. The lowest BCUT2D eigenvalue weighted by molar-refractivity contribution is -0.117. The van der Waals surface area contributed by atoms with Gasteiger partial charge in [0.05, 0.1) is 0 Å². The lowest BCUT2D eigenvalue weighted by atomic mass is 9.86. The summed E-state index contributed by atoms with van der Waals surface area (Å²) in [7, 11) is 0. The molecule has 1 heterocycles. The molecule has 0 unspecified atom stereocenters. The Morgan fingerprint density at radius 3 is 2.76 bits per heavy atom. The van der Waals surface area contributed by atoms with Crippen LogP contribution >= 0.6 is 0 Å². The van der Waals surface area contributed by atoms with E-state index in [2.05, 4.69) is 5.32 Å². The predicted octanol–water partition coefficient (Wildman–Crippen LogP) is 3.22. The first kappa shape index (κ1) is 13.0. The second-order valence-corrected chi connectivity index (χ2v) is 6.55. The second-order valence-electron chi connectivity index (χ2n) is 6.55. The highest BCUT2D eigenvalue weighted by molar-refractivity contribution is 5.91. The zero-order valence-electron chi connectivity index (χ0n) is 12.1. The Labute approximate surface area is 124 Å². The molecule has 0 spiro atoms. The van der Waals surface area contributed by atoms with Gasteiger partial charge in [-0.05, 0) is 49.1 Å². The van der Waals surface area contributed by atoms with Gasteiger partial charge in [0.1, 0.15) is 13.2 Å². The Hall–Kier alpha value is -1.71. The van der Waals surface area contributed by atoms with Crippen LogP contribution in [0, 0.1) is 17.8 Å². The Kier molecular flexibility index (Phi) is 3.24. The van der Waals surface area contributed by atoms with Crippen LogP contribution in [0.3, 0.4) is 0 Å². The van der Waals surface area contributed by atoms with E-state index < -0.39 is 0 Å². The summed E-state index contributed by atoms with van der Waals surface area (Å²) >= 11 is 0. The molecule has 4 heteroatoms. The van der Waals surface area contributed by atoms with E-state index in [9.17, 15) is 4.79 Å². The molecule has 2 fully saturated rings. The molecule has 21 heavy (non-hydrogen) atoms. The third-order valence-electron chi connectivity index (χ3n) is 5.16. The number of ether oxygens (including phenoxy) is 2. The minimum absolute atomic E-state index is 0.129. The van der Waals surface area contributed by atoms with Crippen LogP contribution < -0.4 is 14.8 Å². The number of hydrogen-bond acceptors (Lipinski definition) is 3. The molecule has 4 nitrogen and oxygen atoms in total. The summed E-state index contributed by atoms with van der Waals surface area (Å²) in [5.41, 5.74) is 0.799. The van der Waals surface area contributed by atoms with E-state index in [4.69, 9.17) is 9.47 Å². The molecule has 2 aliphatic carbocycles. The second kappa shape index (κ2) is 5.24. The Balaban J connectivity index is 1.38. The number of benzene rings is 1. The van der Waals surface area contributed by atoms with E-state index >= 15 is 0 Å². The van der Waals surface area contributed by atoms with Crippen molar-refractivity contribution in [1.82, 2.24) is 0 Å². The zero-order valence-corrected chi connectivity index (χ0v) is 12.1. The van der Waals surface area contributed by atoms with Crippen LogP contribution in [0.2, 0.25) is 0 Å². The number of fused-ring (bicyclic) bond motifs is 3.